The van der Waals surface area contributed by atoms with E-state index in [2.05, 4.69) is 33.0 Å². The third-order valence-corrected chi connectivity index (χ3v) is 3.06. The molecular formula is C12H24N2O2. The Morgan fingerprint density at radius 2 is 2.12 bits per heavy atom. The molecule has 1 rings (SSSR count). The zero-order chi connectivity index (χ0) is 12.3. The Bertz CT molecular complexity index is 248. The number of amides is 1. The first kappa shape index (κ1) is 13.5. The average molecular weight is 228 g/mol. The molecule has 16 heavy (non-hydrogen) atoms. The Balaban J connectivity index is 2.83. The van der Waals surface area contributed by atoms with E-state index >= 15 is 0 Å². The van der Waals surface area contributed by atoms with Crippen LogP contribution in [-0.4, -0.2) is 46.7 Å². The van der Waals surface area contributed by atoms with Gasteiger partial charge in [-0.15, -0.1) is 0 Å². The van der Waals surface area contributed by atoms with E-state index in [1.807, 2.05) is 4.90 Å². The number of aliphatic hydroxyl groups excluding tert-OH is 1. The Hall–Kier alpha value is -0.610. The molecule has 4 heteroatoms. The Kier molecular flexibility index (Phi) is 4.33. The monoisotopic (exact) mass is 228 g/mol. The van der Waals surface area contributed by atoms with E-state index in [0.717, 1.165) is 13.0 Å². The fourth-order valence-corrected chi connectivity index (χ4v) is 2.12. The maximum absolute atomic E-state index is 12.3. The van der Waals surface area contributed by atoms with Crippen molar-refractivity contribution in [2.45, 2.75) is 58.2 Å². The quantitative estimate of drug-likeness (QED) is 0.733. The van der Waals surface area contributed by atoms with Crippen molar-refractivity contribution in [1.82, 2.24) is 10.2 Å². The number of hydrogen-bond acceptors (Lipinski definition) is 3. The molecule has 0 aromatic heterocycles. The van der Waals surface area contributed by atoms with Gasteiger partial charge in [-0.1, -0.05) is 0 Å². The molecule has 1 aliphatic heterocycles. The second kappa shape index (κ2) is 5.15. The minimum absolute atomic E-state index is 0.0497. The molecule has 1 saturated heterocycles. The van der Waals surface area contributed by atoms with E-state index in [4.69, 9.17) is 5.11 Å². The summed E-state index contributed by atoms with van der Waals surface area (Å²) in [4.78, 5) is 14.2. The van der Waals surface area contributed by atoms with E-state index in [1.54, 1.807) is 0 Å². The van der Waals surface area contributed by atoms with Gasteiger partial charge in [-0.25, -0.2) is 0 Å². The summed E-state index contributed by atoms with van der Waals surface area (Å²) >= 11 is 0. The van der Waals surface area contributed by atoms with Crippen molar-refractivity contribution in [2.24, 2.45) is 0 Å². The summed E-state index contributed by atoms with van der Waals surface area (Å²) < 4.78 is 0. The van der Waals surface area contributed by atoms with Crippen molar-refractivity contribution in [1.29, 1.82) is 0 Å². The van der Waals surface area contributed by atoms with Crippen LogP contribution in [0.3, 0.4) is 0 Å². The number of rotatable bonds is 2. The lowest BCUT2D eigenvalue weighted by atomic mass is 10.0. The van der Waals surface area contributed by atoms with E-state index in [0.29, 0.717) is 12.5 Å². The predicted octanol–water partition coefficient (Wildman–Crippen LogP) is 0.746. The summed E-state index contributed by atoms with van der Waals surface area (Å²) in [5, 5.41) is 12.3. The number of aliphatic hydroxyl groups is 1. The normalized spacial score (nSPS) is 28.1. The molecule has 1 amide bonds. The van der Waals surface area contributed by atoms with Gasteiger partial charge in [0.15, 0.2) is 0 Å². The Labute approximate surface area is 98.0 Å². The fraction of sp³-hybridized carbons (Fsp3) is 0.917. The largest absolute Gasteiger partial charge is 0.396 e. The summed E-state index contributed by atoms with van der Waals surface area (Å²) in [5.74, 6) is 0.117. The smallest absolute Gasteiger partial charge is 0.240 e. The molecule has 4 nitrogen and oxygen atoms in total. The molecular weight excluding hydrogens is 204 g/mol. The fourth-order valence-electron chi connectivity index (χ4n) is 2.12. The second-order valence-electron chi connectivity index (χ2n) is 5.58. The number of nitrogens with zero attached hydrogens (tertiary/aromatic N) is 1. The number of hydrogen-bond donors (Lipinski definition) is 2. The molecule has 0 aliphatic carbocycles. The van der Waals surface area contributed by atoms with Gasteiger partial charge in [0.05, 0.1) is 6.04 Å². The van der Waals surface area contributed by atoms with Crippen LogP contribution in [0.2, 0.25) is 0 Å². The minimum atomic E-state index is -0.235. The third kappa shape index (κ3) is 3.19. The molecule has 0 saturated carbocycles. The first-order valence-corrected chi connectivity index (χ1v) is 6.04. The lowest BCUT2D eigenvalue weighted by Gasteiger charge is -2.36. The molecule has 1 heterocycles. The highest BCUT2D eigenvalue weighted by molar-refractivity contribution is 5.82. The molecule has 1 aliphatic rings. The van der Waals surface area contributed by atoms with Crippen molar-refractivity contribution >= 4 is 5.91 Å². The maximum Gasteiger partial charge on any atom is 0.240 e. The summed E-state index contributed by atoms with van der Waals surface area (Å²) in [6, 6.07) is 0.0922. The Morgan fingerprint density at radius 3 is 2.62 bits per heavy atom. The van der Waals surface area contributed by atoms with Gasteiger partial charge < -0.3 is 15.3 Å². The standard InChI is InChI=1S/C12H24N2O2/c1-9-5-7-14(12(2,3)4)11(16)10(13-9)6-8-15/h9-10,13,15H,5-8H2,1-4H3. The highest BCUT2D eigenvalue weighted by atomic mass is 16.3. The molecule has 0 aromatic carbocycles. The lowest BCUT2D eigenvalue weighted by molar-refractivity contribution is -0.137. The highest BCUT2D eigenvalue weighted by Crippen LogP contribution is 2.19. The van der Waals surface area contributed by atoms with Crippen LogP contribution in [0.15, 0.2) is 0 Å². The van der Waals surface area contributed by atoms with Crippen LogP contribution in [0.4, 0.5) is 0 Å². The van der Waals surface area contributed by atoms with Crippen LogP contribution in [-0.2, 0) is 4.79 Å². The molecule has 0 spiro atoms. The van der Waals surface area contributed by atoms with Gasteiger partial charge in [-0.3, -0.25) is 4.79 Å². The van der Waals surface area contributed by atoms with E-state index in [9.17, 15) is 4.79 Å². The molecule has 94 valence electrons. The predicted molar refractivity (Wildman–Crippen MR) is 64.2 cm³/mol. The van der Waals surface area contributed by atoms with Crippen molar-refractivity contribution in [2.75, 3.05) is 13.2 Å². The van der Waals surface area contributed by atoms with Gasteiger partial charge in [0.1, 0.15) is 0 Å². The van der Waals surface area contributed by atoms with Gasteiger partial charge in [0.2, 0.25) is 5.91 Å². The molecule has 2 N–H and O–H groups in total. The molecule has 1 fully saturated rings. The van der Waals surface area contributed by atoms with E-state index in [-0.39, 0.29) is 24.1 Å². The highest BCUT2D eigenvalue weighted by Gasteiger charge is 2.34. The number of carbonyl (C=O) groups excluding carboxylic acids is 1. The van der Waals surface area contributed by atoms with Gasteiger partial charge in [-0.2, -0.15) is 0 Å². The van der Waals surface area contributed by atoms with Crippen molar-refractivity contribution in [3.63, 3.8) is 0 Å². The SMILES string of the molecule is CC1CCN(C(C)(C)C)C(=O)C(CCO)N1. The van der Waals surface area contributed by atoms with Gasteiger partial charge >= 0.3 is 0 Å². The second-order valence-corrected chi connectivity index (χ2v) is 5.58. The number of carbonyl (C=O) groups is 1. The minimum Gasteiger partial charge on any atom is -0.396 e. The summed E-state index contributed by atoms with van der Waals surface area (Å²) in [6.07, 6.45) is 1.46. The number of nitrogens with one attached hydrogen (secondary N) is 1. The molecule has 0 aromatic rings. The van der Waals surface area contributed by atoms with Crippen LogP contribution in [0, 0.1) is 0 Å². The van der Waals surface area contributed by atoms with Gasteiger partial charge in [0, 0.05) is 24.7 Å². The van der Waals surface area contributed by atoms with Crippen LogP contribution in [0.1, 0.15) is 40.5 Å². The zero-order valence-electron chi connectivity index (χ0n) is 10.8. The first-order chi connectivity index (χ1) is 7.36. The first-order valence-electron chi connectivity index (χ1n) is 6.04. The maximum atomic E-state index is 12.3. The van der Waals surface area contributed by atoms with Crippen molar-refractivity contribution in [3.05, 3.63) is 0 Å². The molecule has 2 atom stereocenters. The van der Waals surface area contributed by atoms with Crippen LogP contribution in [0.5, 0.6) is 0 Å². The molecule has 2 unspecified atom stereocenters. The topological polar surface area (TPSA) is 52.6 Å². The molecule has 0 bridgehead atoms. The van der Waals surface area contributed by atoms with Gasteiger partial charge in [0.25, 0.3) is 0 Å². The summed E-state index contributed by atoms with van der Waals surface area (Å²) in [6.45, 7) is 9.08. The average Bonchev–Trinajstić information content (AvgIpc) is 2.27. The van der Waals surface area contributed by atoms with Crippen molar-refractivity contribution < 1.29 is 9.90 Å². The van der Waals surface area contributed by atoms with E-state index < -0.39 is 0 Å². The van der Waals surface area contributed by atoms with Crippen LogP contribution in [0.25, 0.3) is 0 Å². The summed E-state index contributed by atoms with van der Waals surface area (Å²) in [7, 11) is 0. The van der Waals surface area contributed by atoms with Crippen molar-refractivity contribution in [3.8, 4) is 0 Å². The van der Waals surface area contributed by atoms with Crippen LogP contribution >= 0.6 is 0 Å². The lowest BCUT2D eigenvalue weighted by Crippen LogP contribution is -2.52. The van der Waals surface area contributed by atoms with Crippen LogP contribution < -0.4 is 5.32 Å². The van der Waals surface area contributed by atoms with Gasteiger partial charge in [-0.05, 0) is 40.5 Å². The van der Waals surface area contributed by atoms with E-state index in [1.165, 1.54) is 0 Å². The Morgan fingerprint density at radius 1 is 1.50 bits per heavy atom. The zero-order valence-corrected chi connectivity index (χ0v) is 10.8. The third-order valence-electron chi connectivity index (χ3n) is 3.06. The summed E-state index contributed by atoms with van der Waals surface area (Å²) in [5.41, 5.74) is -0.142. The molecule has 0 radical (unpaired) electrons.